The number of benzene rings is 1. The maximum absolute atomic E-state index is 12.9. The summed E-state index contributed by atoms with van der Waals surface area (Å²) in [6.07, 6.45) is 1.77. The molecule has 1 aromatic heterocycles. The first-order valence-corrected chi connectivity index (χ1v) is 10.2. The number of ether oxygens (including phenoxy) is 2. The molecule has 0 saturated carbocycles. The van der Waals surface area contributed by atoms with Crippen LogP contribution in [0.3, 0.4) is 0 Å². The third kappa shape index (κ3) is 5.29. The van der Waals surface area contributed by atoms with Crippen LogP contribution in [0.25, 0.3) is 0 Å². The van der Waals surface area contributed by atoms with E-state index >= 15 is 0 Å². The van der Waals surface area contributed by atoms with Gasteiger partial charge in [0.15, 0.2) is 22.5 Å². The maximum Gasteiger partial charge on any atom is 0.225 e. The molecule has 1 aliphatic heterocycles. The fraction of sp³-hybridized carbons (Fsp3) is 0.476. The summed E-state index contributed by atoms with van der Waals surface area (Å²) < 4.78 is 11.0. The van der Waals surface area contributed by atoms with Crippen molar-refractivity contribution >= 4 is 23.3 Å². The van der Waals surface area contributed by atoms with E-state index < -0.39 is 0 Å². The van der Waals surface area contributed by atoms with Gasteiger partial charge in [-0.25, -0.2) is 0 Å². The van der Waals surface area contributed by atoms with E-state index in [1.54, 1.807) is 13.2 Å². The first-order chi connectivity index (χ1) is 14.0. The number of carbonyl (C=O) groups excluding carboxylic acids is 1. The molecule has 1 aromatic carbocycles. The molecule has 2 atom stereocenters. The molecule has 8 heteroatoms. The molecule has 1 saturated heterocycles. The van der Waals surface area contributed by atoms with Crippen LogP contribution < -0.4 is 19.7 Å². The maximum atomic E-state index is 12.9. The Labute approximate surface area is 176 Å². The Hall–Kier alpha value is -2.54. The molecule has 3 rings (SSSR count). The van der Waals surface area contributed by atoms with E-state index in [2.05, 4.69) is 20.4 Å². The summed E-state index contributed by atoms with van der Waals surface area (Å²) >= 11 is 5.82. The Morgan fingerprint density at radius 3 is 2.83 bits per heavy atom. The lowest BCUT2D eigenvalue weighted by molar-refractivity contribution is -0.125. The predicted octanol–water partition coefficient (Wildman–Crippen LogP) is 3.63. The number of amides is 1. The lowest BCUT2D eigenvalue weighted by atomic mass is 9.96. The van der Waals surface area contributed by atoms with E-state index in [1.165, 1.54) is 0 Å². The summed E-state index contributed by atoms with van der Waals surface area (Å²) in [7, 11) is 1.61. The number of nitrogens with zero attached hydrogens (tertiary/aromatic N) is 3. The first-order valence-electron chi connectivity index (χ1n) is 9.87. The molecular formula is C21H27ClN4O3. The van der Waals surface area contributed by atoms with E-state index in [-0.39, 0.29) is 17.9 Å². The Morgan fingerprint density at radius 2 is 2.14 bits per heavy atom. The standard InChI is InChI=1S/C21H27ClN4O3/c1-4-29-17-8-7-15(12-18(17)28-3)14(2)23-21(27)16-6-5-11-26(13-16)20-10-9-19(22)24-25-20/h7-10,12,14,16H,4-6,11,13H2,1-3H3,(H,23,27)/t14-,16-/m0/s1. The lowest BCUT2D eigenvalue weighted by Gasteiger charge is -2.33. The molecule has 0 radical (unpaired) electrons. The van der Waals surface area contributed by atoms with Gasteiger partial charge in [-0.3, -0.25) is 4.79 Å². The minimum atomic E-state index is -0.141. The highest BCUT2D eigenvalue weighted by molar-refractivity contribution is 6.29. The van der Waals surface area contributed by atoms with Crippen molar-refractivity contribution in [3.8, 4) is 11.5 Å². The molecule has 1 amide bonds. The van der Waals surface area contributed by atoms with Crippen LogP contribution in [-0.2, 0) is 4.79 Å². The summed E-state index contributed by atoms with van der Waals surface area (Å²) in [4.78, 5) is 15.0. The zero-order valence-electron chi connectivity index (χ0n) is 17.0. The highest BCUT2D eigenvalue weighted by Crippen LogP contribution is 2.30. The van der Waals surface area contributed by atoms with Crippen molar-refractivity contribution in [1.82, 2.24) is 15.5 Å². The van der Waals surface area contributed by atoms with Gasteiger partial charge < -0.3 is 19.7 Å². The van der Waals surface area contributed by atoms with Gasteiger partial charge in [0.05, 0.1) is 25.7 Å². The number of aromatic nitrogens is 2. The molecule has 7 nitrogen and oxygen atoms in total. The lowest BCUT2D eigenvalue weighted by Crippen LogP contribution is -2.44. The van der Waals surface area contributed by atoms with Crippen LogP contribution in [0.5, 0.6) is 11.5 Å². The zero-order valence-corrected chi connectivity index (χ0v) is 17.8. The number of methoxy groups -OCH3 is 1. The highest BCUT2D eigenvalue weighted by atomic mass is 35.5. The van der Waals surface area contributed by atoms with Crippen LogP contribution in [0.4, 0.5) is 5.82 Å². The molecule has 0 spiro atoms. The average molecular weight is 419 g/mol. The monoisotopic (exact) mass is 418 g/mol. The number of rotatable bonds is 7. The van der Waals surface area contributed by atoms with E-state index in [0.29, 0.717) is 29.8 Å². The average Bonchev–Trinajstić information content (AvgIpc) is 2.74. The molecule has 1 N–H and O–H groups in total. The van der Waals surface area contributed by atoms with Gasteiger partial charge in [0.2, 0.25) is 5.91 Å². The van der Waals surface area contributed by atoms with Crippen molar-refractivity contribution in [3.05, 3.63) is 41.0 Å². The largest absolute Gasteiger partial charge is 0.493 e. The Morgan fingerprint density at radius 1 is 1.31 bits per heavy atom. The van der Waals surface area contributed by atoms with Crippen LogP contribution >= 0.6 is 11.6 Å². The molecule has 2 aromatic rings. The second-order valence-corrected chi connectivity index (χ2v) is 7.46. The molecule has 156 valence electrons. The molecule has 2 heterocycles. The van der Waals surface area contributed by atoms with E-state index in [4.69, 9.17) is 21.1 Å². The van der Waals surface area contributed by atoms with E-state index in [1.807, 2.05) is 38.1 Å². The zero-order chi connectivity index (χ0) is 20.8. The van der Waals surface area contributed by atoms with E-state index in [9.17, 15) is 4.79 Å². The molecule has 1 aliphatic rings. The fourth-order valence-corrected chi connectivity index (χ4v) is 3.62. The fourth-order valence-electron chi connectivity index (χ4n) is 3.52. The van der Waals surface area contributed by atoms with Crippen LogP contribution in [-0.4, -0.2) is 42.9 Å². The number of halogens is 1. The third-order valence-electron chi connectivity index (χ3n) is 5.08. The molecular weight excluding hydrogens is 392 g/mol. The van der Waals surface area contributed by atoms with Gasteiger partial charge in [-0.05, 0) is 56.5 Å². The number of hydrogen-bond acceptors (Lipinski definition) is 6. The Bertz CT molecular complexity index is 831. The summed E-state index contributed by atoms with van der Waals surface area (Å²) in [5.41, 5.74) is 0.967. The van der Waals surface area contributed by atoms with Crippen LogP contribution in [0, 0.1) is 5.92 Å². The summed E-state index contributed by atoms with van der Waals surface area (Å²) in [6, 6.07) is 9.15. The van der Waals surface area contributed by atoms with Crippen LogP contribution in [0.1, 0.15) is 38.3 Å². The molecule has 0 bridgehead atoms. The van der Waals surface area contributed by atoms with Gasteiger partial charge in [0, 0.05) is 13.1 Å². The van der Waals surface area contributed by atoms with Crippen molar-refractivity contribution in [3.63, 3.8) is 0 Å². The number of piperidine rings is 1. The Balaban J connectivity index is 1.63. The van der Waals surface area contributed by atoms with Gasteiger partial charge in [-0.1, -0.05) is 17.7 Å². The van der Waals surface area contributed by atoms with Gasteiger partial charge >= 0.3 is 0 Å². The molecule has 29 heavy (non-hydrogen) atoms. The van der Waals surface area contributed by atoms with Crippen molar-refractivity contribution in [2.75, 3.05) is 31.7 Å². The quantitative estimate of drug-likeness (QED) is 0.739. The number of hydrogen-bond donors (Lipinski definition) is 1. The van der Waals surface area contributed by atoms with Crippen molar-refractivity contribution in [2.45, 2.75) is 32.7 Å². The second kappa shape index (κ2) is 9.78. The summed E-state index contributed by atoms with van der Waals surface area (Å²) in [5, 5.41) is 11.5. The van der Waals surface area contributed by atoms with Crippen molar-refractivity contribution in [1.29, 1.82) is 0 Å². The molecule has 1 fully saturated rings. The van der Waals surface area contributed by atoms with E-state index in [0.717, 1.165) is 30.8 Å². The van der Waals surface area contributed by atoms with Crippen molar-refractivity contribution in [2.24, 2.45) is 5.92 Å². The van der Waals surface area contributed by atoms with Gasteiger partial charge in [-0.15, -0.1) is 10.2 Å². The van der Waals surface area contributed by atoms with Crippen molar-refractivity contribution < 1.29 is 14.3 Å². The van der Waals surface area contributed by atoms with Gasteiger partial charge in [0.25, 0.3) is 0 Å². The van der Waals surface area contributed by atoms with Gasteiger partial charge in [0.1, 0.15) is 0 Å². The summed E-state index contributed by atoms with van der Waals surface area (Å²) in [5.74, 6) is 2.04. The molecule has 0 unspecified atom stereocenters. The topological polar surface area (TPSA) is 76.6 Å². The second-order valence-electron chi connectivity index (χ2n) is 7.07. The minimum absolute atomic E-state index is 0.0389. The predicted molar refractivity (Wildman–Crippen MR) is 113 cm³/mol. The minimum Gasteiger partial charge on any atom is -0.493 e. The van der Waals surface area contributed by atoms with Crippen LogP contribution in [0.2, 0.25) is 5.15 Å². The number of nitrogens with one attached hydrogen (secondary N) is 1. The van der Waals surface area contributed by atoms with Crippen LogP contribution in [0.15, 0.2) is 30.3 Å². The first kappa shape index (κ1) is 21.2. The molecule has 0 aliphatic carbocycles. The number of carbonyl (C=O) groups is 1. The number of anilines is 1. The normalized spacial score (nSPS) is 17.5. The Kier molecular flexibility index (Phi) is 7.14. The smallest absolute Gasteiger partial charge is 0.225 e. The summed E-state index contributed by atoms with van der Waals surface area (Å²) in [6.45, 7) is 5.93. The van der Waals surface area contributed by atoms with Gasteiger partial charge in [-0.2, -0.15) is 0 Å². The third-order valence-corrected chi connectivity index (χ3v) is 5.28. The highest BCUT2D eigenvalue weighted by Gasteiger charge is 2.27. The SMILES string of the molecule is CCOc1ccc([C@H](C)NC(=O)[C@H]2CCCN(c3ccc(Cl)nn3)C2)cc1OC.